The van der Waals surface area contributed by atoms with Crippen molar-refractivity contribution in [2.45, 2.75) is 39.5 Å². The topological polar surface area (TPSA) is 50.2 Å². The van der Waals surface area contributed by atoms with Gasteiger partial charge in [0.25, 0.3) is 0 Å². The maximum Gasteiger partial charge on any atom is 0.305 e. The van der Waals surface area contributed by atoms with E-state index in [2.05, 4.69) is 38.1 Å². The first kappa shape index (κ1) is 17.9. The molecule has 0 aliphatic rings. The molecule has 0 unspecified atom stereocenters. The van der Waals surface area contributed by atoms with Gasteiger partial charge in [-0.3, -0.25) is 4.79 Å². The largest absolute Gasteiger partial charge is 0.469 e. The van der Waals surface area contributed by atoms with E-state index in [1.807, 2.05) is 12.1 Å². The van der Waals surface area contributed by atoms with Crippen molar-refractivity contribution in [2.24, 2.45) is 0 Å². The molecule has 0 fully saturated rings. The van der Waals surface area contributed by atoms with Gasteiger partial charge in [-0.25, -0.2) is 0 Å². The van der Waals surface area contributed by atoms with E-state index in [0.717, 1.165) is 29.5 Å². The average Bonchev–Trinajstić information content (AvgIpc) is 2.59. The molecule has 0 spiro atoms. The molecule has 24 heavy (non-hydrogen) atoms. The van der Waals surface area contributed by atoms with Gasteiger partial charge in [0.05, 0.1) is 7.11 Å². The fourth-order valence-corrected chi connectivity index (χ4v) is 2.97. The van der Waals surface area contributed by atoms with Gasteiger partial charge >= 0.3 is 5.97 Å². The molecule has 1 N–H and O–H groups in total. The number of aryl methyl sites for hydroxylation is 3. The summed E-state index contributed by atoms with van der Waals surface area (Å²) in [7, 11) is 1.42. The van der Waals surface area contributed by atoms with Gasteiger partial charge < -0.3 is 10.1 Å². The minimum atomic E-state index is -0.183. The van der Waals surface area contributed by atoms with Crippen LogP contribution in [-0.4, -0.2) is 19.3 Å². The Balaban J connectivity index is 2.23. The molecule has 0 atom stereocenters. The molecular formula is C21H25NO2. The Kier molecular flexibility index (Phi) is 6.30. The Morgan fingerprint density at radius 2 is 1.92 bits per heavy atom. The summed E-state index contributed by atoms with van der Waals surface area (Å²) >= 11 is 0. The second-order valence-corrected chi connectivity index (χ2v) is 6.06. The standard InChI is InChI=1S/C21H25NO2/c1-4-16-10-15(2)20(14-22)19(12-16)13-18-7-5-6-17(11-18)8-9-21(23)24-3/h5-7,10-12,14,22H,4,8-9,13H2,1-3H3. The number of carbonyl (C=O) groups excluding carboxylic acids is 1. The minimum Gasteiger partial charge on any atom is -0.469 e. The highest BCUT2D eigenvalue weighted by atomic mass is 16.5. The molecule has 0 aliphatic carbocycles. The molecular weight excluding hydrogens is 298 g/mol. The third-order valence-electron chi connectivity index (χ3n) is 4.32. The van der Waals surface area contributed by atoms with E-state index in [1.165, 1.54) is 30.0 Å². The average molecular weight is 323 g/mol. The number of carbonyl (C=O) groups is 1. The van der Waals surface area contributed by atoms with E-state index in [9.17, 15) is 4.79 Å². The molecule has 126 valence electrons. The number of nitrogens with one attached hydrogen (secondary N) is 1. The molecule has 0 heterocycles. The molecule has 2 aromatic rings. The highest BCUT2D eigenvalue weighted by Gasteiger charge is 2.08. The SMILES string of the molecule is CCc1cc(C)c(C=N)c(Cc2cccc(CCC(=O)OC)c2)c1. The van der Waals surface area contributed by atoms with Gasteiger partial charge in [0.15, 0.2) is 0 Å². The molecule has 2 aromatic carbocycles. The van der Waals surface area contributed by atoms with Gasteiger partial charge in [-0.2, -0.15) is 0 Å². The molecule has 0 radical (unpaired) electrons. The van der Waals surface area contributed by atoms with Crippen LogP contribution in [0.15, 0.2) is 36.4 Å². The van der Waals surface area contributed by atoms with Crippen molar-refractivity contribution in [2.75, 3.05) is 7.11 Å². The quantitative estimate of drug-likeness (QED) is 0.611. The fraction of sp³-hybridized carbons (Fsp3) is 0.333. The predicted octanol–water partition coefficient (Wildman–Crippen LogP) is 4.25. The zero-order chi connectivity index (χ0) is 17.5. The van der Waals surface area contributed by atoms with Crippen molar-refractivity contribution in [3.8, 4) is 0 Å². The van der Waals surface area contributed by atoms with Gasteiger partial charge in [-0.15, -0.1) is 0 Å². The highest BCUT2D eigenvalue weighted by Crippen LogP contribution is 2.20. The lowest BCUT2D eigenvalue weighted by atomic mass is 9.93. The van der Waals surface area contributed by atoms with Crippen LogP contribution in [0.4, 0.5) is 0 Å². The number of ether oxygens (including phenoxy) is 1. The normalized spacial score (nSPS) is 10.5. The summed E-state index contributed by atoms with van der Waals surface area (Å²) in [6.07, 6.45) is 4.32. The summed E-state index contributed by atoms with van der Waals surface area (Å²) in [5.74, 6) is -0.183. The number of hydrogen-bond acceptors (Lipinski definition) is 3. The van der Waals surface area contributed by atoms with Crippen LogP contribution in [0.5, 0.6) is 0 Å². The first-order valence-electron chi connectivity index (χ1n) is 8.34. The summed E-state index contributed by atoms with van der Waals surface area (Å²) in [5, 5.41) is 7.72. The van der Waals surface area contributed by atoms with Gasteiger partial charge in [0, 0.05) is 12.6 Å². The van der Waals surface area contributed by atoms with Crippen LogP contribution in [0, 0.1) is 12.3 Å². The van der Waals surface area contributed by atoms with Gasteiger partial charge in [0.2, 0.25) is 0 Å². The Morgan fingerprint density at radius 3 is 2.58 bits per heavy atom. The zero-order valence-corrected chi connectivity index (χ0v) is 14.7. The molecule has 0 saturated carbocycles. The summed E-state index contributed by atoms with van der Waals surface area (Å²) in [6, 6.07) is 12.7. The van der Waals surface area contributed by atoms with Crippen LogP contribution >= 0.6 is 0 Å². The number of methoxy groups -OCH3 is 1. The van der Waals surface area contributed by atoms with Crippen molar-refractivity contribution in [3.63, 3.8) is 0 Å². The van der Waals surface area contributed by atoms with E-state index in [0.29, 0.717) is 12.8 Å². The zero-order valence-electron chi connectivity index (χ0n) is 14.7. The van der Waals surface area contributed by atoms with Crippen molar-refractivity contribution in [1.82, 2.24) is 0 Å². The van der Waals surface area contributed by atoms with Crippen molar-refractivity contribution >= 4 is 12.2 Å². The summed E-state index contributed by atoms with van der Waals surface area (Å²) in [5.41, 5.74) is 6.99. The van der Waals surface area contributed by atoms with Gasteiger partial charge in [0.1, 0.15) is 0 Å². The number of hydrogen-bond donors (Lipinski definition) is 1. The number of rotatable bonds is 7. The Bertz CT molecular complexity index is 735. The third-order valence-corrected chi connectivity index (χ3v) is 4.32. The summed E-state index contributed by atoms with van der Waals surface area (Å²) in [4.78, 5) is 11.3. The molecule has 0 bridgehead atoms. The van der Waals surface area contributed by atoms with E-state index in [-0.39, 0.29) is 5.97 Å². The summed E-state index contributed by atoms with van der Waals surface area (Å²) in [6.45, 7) is 4.21. The molecule has 2 rings (SSSR count). The third kappa shape index (κ3) is 4.54. The number of esters is 1. The second kappa shape index (κ2) is 8.44. The van der Waals surface area contributed by atoms with E-state index < -0.39 is 0 Å². The minimum absolute atomic E-state index is 0.183. The van der Waals surface area contributed by atoms with E-state index in [1.54, 1.807) is 0 Å². The monoisotopic (exact) mass is 323 g/mol. The number of benzene rings is 2. The van der Waals surface area contributed by atoms with Crippen molar-refractivity contribution in [1.29, 1.82) is 5.41 Å². The maximum atomic E-state index is 11.3. The van der Waals surface area contributed by atoms with Crippen molar-refractivity contribution in [3.05, 3.63) is 69.8 Å². The first-order valence-corrected chi connectivity index (χ1v) is 8.34. The molecule has 0 amide bonds. The Morgan fingerprint density at radius 1 is 1.17 bits per heavy atom. The van der Waals surface area contributed by atoms with Crippen molar-refractivity contribution < 1.29 is 9.53 Å². The Labute approximate surface area is 144 Å². The fourth-order valence-electron chi connectivity index (χ4n) is 2.97. The lowest BCUT2D eigenvalue weighted by molar-refractivity contribution is -0.140. The molecule has 0 saturated heterocycles. The lowest BCUT2D eigenvalue weighted by Gasteiger charge is -2.12. The lowest BCUT2D eigenvalue weighted by Crippen LogP contribution is -2.03. The Hall–Kier alpha value is -2.42. The van der Waals surface area contributed by atoms with Crippen LogP contribution in [0.2, 0.25) is 0 Å². The van der Waals surface area contributed by atoms with E-state index >= 15 is 0 Å². The second-order valence-electron chi connectivity index (χ2n) is 6.06. The van der Waals surface area contributed by atoms with Crippen LogP contribution in [0.3, 0.4) is 0 Å². The van der Waals surface area contributed by atoms with Crippen LogP contribution in [0.1, 0.15) is 46.7 Å². The van der Waals surface area contributed by atoms with Crippen LogP contribution in [-0.2, 0) is 28.8 Å². The molecule has 0 aliphatic heterocycles. The summed E-state index contributed by atoms with van der Waals surface area (Å²) < 4.78 is 4.70. The molecule has 3 nitrogen and oxygen atoms in total. The van der Waals surface area contributed by atoms with E-state index in [4.69, 9.17) is 10.1 Å². The maximum absolute atomic E-state index is 11.3. The molecule has 3 heteroatoms. The highest BCUT2D eigenvalue weighted by molar-refractivity contribution is 5.82. The van der Waals surface area contributed by atoms with Gasteiger partial charge in [-0.05, 0) is 59.6 Å². The first-order chi connectivity index (χ1) is 11.6. The van der Waals surface area contributed by atoms with Crippen LogP contribution < -0.4 is 0 Å². The molecule has 0 aromatic heterocycles. The van der Waals surface area contributed by atoms with Gasteiger partial charge in [-0.1, -0.05) is 43.3 Å². The van der Waals surface area contributed by atoms with Crippen LogP contribution in [0.25, 0.3) is 0 Å². The smallest absolute Gasteiger partial charge is 0.305 e. The predicted molar refractivity (Wildman–Crippen MR) is 98.0 cm³/mol.